The SMILES string of the molecule is O=C(O)[C@@H]1CN(C(=O)c2conc2-c2ccccc2)CCN1. The van der Waals surface area contributed by atoms with E-state index in [0.29, 0.717) is 24.3 Å². The van der Waals surface area contributed by atoms with Gasteiger partial charge in [-0.1, -0.05) is 35.5 Å². The van der Waals surface area contributed by atoms with Gasteiger partial charge in [-0.05, 0) is 0 Å². The number of carboxylic acid groups (broad SMARTS) is 1. The highest BCUT2D eigenvalue weighted by Crippen LogP contribution is 2.23. The number of hydrogen-bond donors (Lipinski definition) is 2. The van der Waals surface area contributed by atoms with Crippen molar-refractivity contribution in [3.05, 3.63) is 42.2 Å². The maximum Gasteiger partial charge on any atom is 0.322 e. The summed E-state index contributed by atoms with van der Waals surface area (Å²) in [5.41, 5.74) is 1.60. The third kappa shape index (κ3) is 2.71. The first-order chi connectivity index (χ1) is 10.7. The lowest BCUT2D eigenvalue weighted by molar-refractivity contribution is -0.140. The van der Waals surface area contributed by atoms with E-state index in [4.69, 9.17) is 9.63 Å². The molecule has 0 saturated carbocycles. The molecule has 0 aliphatic carbocycles. The zero-order valence-electron chi connectivity index (χ0n) is 11.7. The van der Waals surface area contributed by atoms with Gasteiger partial charge in [0.05, 0.1) is 0 Å². The summed E-state index contributed by atoms with van der Waals surface area (Å²) >= 11 is 0. The number of hydrogen-bond acceptors (Lipinski definition) is 5. The standard InChI is InChI=1S/C15H15N3O4/c19-14(18-7-6-16-12(8-18)15(20)21)11-9-22-17-13(11)10-4-2-1-3-5-10/h1-5,9,12,16H,6-8H2,(H,20,21)/t12-/m0/s1. The molecule has 7 heteroatoms. The quantitative estimate of drug-likeness (QED) is 0.872. The second kappa shape index (κ2) is 5.98. The molecule has 1 aliphatic heterocycles. The van der Waals surface area contributed by atoms with Gasteiger partial charge in [0.1, 0.15) is 23.6 Å². The van der Waals surface area contributed by atoms with Crippen molar-refractivity contribution >= 4 is 11.9 Å². The summed E-state index contributed by atoms with van der Waals surface area (Å²) in [5, 5.41) is 15.8. The minimum absolute atomic E-state index is 0.119. The van der Waals surface area contributed by atoms with Gasteiger partial charge in [0.2, 0.25) is 0 Å². The lowest BCUT2D eigenvalue weighted by atomic mass is 10.1. The van der Waals surface area contributed by atoms with Crippen LogP contribution in [0.5, 0.6) is 0 Å². The van der Waals surface area contributed by atoms with Gasteiger partial charge in [0.15, 0.2) is 0 Å². The summed E-state index contributed by atoms with van der Waals surface area (Å²) in [6.45, 7) is 1.00. The van der Waals surface area contributed by atoms with Crippen molar-refractivity contribution in [3.63, 3.8) is 0 Å². The molecule has 1 saturated heterocycles. The Bertz CT molecular complexity index is 683. The van der Waals surface area contributed by atoms with Gasteiger partial charge in [-0.2, -0.15) is 0 Å². The fourth-order valence-electron chi connectivity index (χ4n) is 2.46. The Labute approximate surface area is 126 Å². The topological polar surface area (TPSA) is 95.7 Å². The molecule has 2 heterocycles. The number of carbonyl (C=O) groups excluding carboxylic acids is 1. The third-order valence-corrected chi connectivity index (χ3v) is 3.61. The molecule has 0 unspecified atom stereocenters. The molecule has 2 aromatic rings. The van der Waals surface area contributed by atoms with Crippen LogP contribution >= 0.6 is 0 Å². The molecule has 0 bridgehead atoms. The van der Waals surface area contributed by atoms with Crippen LogP contribution in [-0.4, -0.2) is 52.7 Å². The lowest BCUT2D eigenvalue weighted by Gasteiger charge is -2.31. The molecule has 0 spiro atoms. The average Bonchev–Trinajstić information content (AvgIpc) is 3.04. The Balaban J connectivity index is 1.84. The van der Waals surface area contributed by atoms with Crippen LogP contribution in [0.3, 0.4) is 0 Å². The van der Waals surface area contributed by atoms with E-state index >= 15 is 0 Å². The first-order valence-electron chi connectivity index (χ1n) is 6.92. The second-order valence-corrected chi connectivity index (χ2v) is 5.04. The largest absolute Gasteiger partial charge is 0.480 e. The van der Waals surface area contributed by atoms with Gasteiger partial charge in [-0.3, -0.25) is 9.59 Å². The number of piperazine rings is 1. The van der Waals surface area contributed by atoms with E-state index in [-0.39, 0.29) is 12.5 Å². The molecule has 2 N–H and O–H groups in total. The normalized spacial score (nSPS) is 18.2. The molecule has 1 aromatic heterocycles. The lowest BCUT2D eigenvalue weighted by Crippen LogP contribution is -2.55. The molecular formula is C15H15N3O4. The van der Waals surface area contributed by atoms with Crippen LogP contribution in [0.4, 0.5) is 0 Å². The van der Waals surface area contributed by atoms with Crippen LogP contribution in [0.25, 0.3) is 11.3 Å². The maximum absolute atomic E-state index is 12.6. The van der Waals surface area contributed by atoms with Gasteiger partial charge in [0.25, 0.3) is 5.91 Å². The van der Waals surface area contributed by atoms with E-state index in [1.165, 1.54) is 11.2 Å². The van der Waals surface area contributed by atoms with Gasteiger partial charge >= 0.3 is 5.97 Å². The van der Waals surface area contributed by atoms with Crippen LogP contribution in [0.15, 0.2) is 41.1 Å². The predicted octanol–water partition coefficient (Wildman–Crippen LogP) is 0.840. The molecule has 1 aromatic carbocycles. The number of benzene rings is 1. The molecule has 114 valence electrons. The van der Waals surface area contributed by atoms with Crippen molar-refractivity contribution in [1.29, 1.82) is 0 Å². The fourth-order valence-corrected chi connectivity index (χ4v) is 2.46. The first kappa shape index (κ1) is 14.3. The molecule has 1 atom stereocenters. The number of aromatic nitrogens is 1. The molecule has 1 aliphatic rings. The van der Waals surface area contributed by atoms with Crippen molar-refractivity contribution < 1.29 is 19.2 Å². The highest BCUT2D eigenvalue weighted by atomic mass is 16.5. The van der Waals surface area contributed by atoms with Crippen molar-refractivity contribution in [1.82, 2.24) is 15.4 Å². The van der Waals surface area contributed by atoms with Gasteiger partial charge in [0, 0.05) is 25.2 Å². The Hall–Kier alpha value is -2.67. The molecule has 0 radical (unpaired) electrons. The second-order valence-electron chi connectivity index (χ2n) is 5.04. The highest BCUT2D eigenvalue weighted by Gasteiger charge is 2.30. The van der Waals surface area contributed by atoms with E-state index < -0.39 is 12.0 Å². The van der Waals surface area contributed by atoms with Crippen molar-refractivity contribution in [2.75, 3.05) is 19.6 Å². The number of nitrogens with zero attached hydrogens (tertiary/aromatic N) is 2. The molecule has 22 heavy (non-hydrogen) atoms. The first-order valence-corrected chi connectivity index (χ1v) is 6.92. The van der Waals surface area contributed by atoms with Gasteiger partial charge in [-0.15, -0.1) is 0 Å². The van der Waals surface area contributed by atoms with Crippen LogP contribution in [-0.2, 0) is 4.79 Å². The minimum atomic E-state index is -0.967. The fraction of sp³-hybridized carbons (Fsp3) is 0.267. The van der Waals surface area contributed by atoms with E-state index in [1.807, 2.05) is 30.3 Å². The molecule has 7 nitrogen and oxygen atoms in total. The number of nitrogens with one attached hydrogen (secondary N) is 1. The van der Waals surface area contributed by atoms with Crippen LogP contribution in [0, 0.1) is 0 Å². The third-order valence-electron chi connectivity index (χ3n) is 3.61. The highest BCUT2D eigenvalue weighted by molar-refractivity contribution is 5.99. The number of amides is 1. The summed E-state index contributed by atoms with van der Waals surface area (Å²) in [7, 11) is 0. The van der Waals surface area contributed by atoms with Crippen molar-refractivity contribution in [2.45, 2.75) is 6.04 Å². The van der Waals surface area contributed by atoms with E-state index in [9.17, 15) is 9.59 Å². The van der Waals surface area contributed by atoms with Crippen LogP contribution < -0.4 is 5.32 Å². The summed E-state index contributed by atoms with van der Waals surface area (Å²) in [6, 6.07) is 8.50. The molecule has 1 fully saturated rings. The van der Waals surface area contributed by atoms with Crippen molar-refractivity contribution in [3.8, 4) is 11.3 Å². The van der Waals surface area contributed by atoms with E-state index in [0.717, 1.165) is 5.56 Å². The predicted molar refractivity (Wildman–Crippen MR) is 77.3 cm³/mol. The van der Waals surface area contributed by atoms with Crippen LogP contribution in [0.2, 0.25) is 0 Å². The minimum Gasteiger partial charge on any atom is -0.480 e. The van der Waals surface area contributed by atoms with Gasteiger partial charge in [-0.25, -0.2) is 0 Å². The summed E-state index contributed by atoms with van der Waals surface area (Å²) < 4.78 is 4.96. The van der Waals surface area contributed by atoms with E-state index in [1.54, 1.807) is 0 Å². The Morgan fingerprint density at radius 2 is 2.09 bits per heavy atom. The zero-order valence-corrected chi connectivity index (χ0v) is 11.7. The van der Waals surface area contributed by atoms with E-state index in [2.05, 4.69) is 10.5 Å². The Kier molecular flexibility index (Phi) is 3.88. The van der Waals surface area contributed by atoms with Crippen LogP contribution in [0.1, 0.15) is 10.4 Å². The number of rotatable bonds is 3. The average molecular weight is 301 g/mol. The molecular weight excluding hydrogens is 286 g/mol. The molecule has 1 amide bonds. The zero-order chi connectivity index (χ0) is 15.5. The summed E-state index contributed by atoms with van der Waals surface area (Å²) in [4.78, 5) is 25.2. The smallest absolute Gasteiger partial charge is 0.322 e. The molecule has 3 rings (SSSR count). The summed E-state index contributed by atoms with van der Waals surface area (Å²) in [6.07, 6.45) is 1.31. The summed E-state index contributed by atoms with van der Waals surface area (Å²) in [5.74, 6) is -1.24. The Morgan fingerprint density at radius 1 is 1.32 bits per heavy atom. The number of carboxylic acids is 1. The van der Waals surface area contributed by atoms with Gasteiger partial charge < -0.3 is 19.8 Å². The number of aliphatic carboxylic acids is 1. The number of carbonyl (C=O) groups is 2. The van der Waals surface area contributed by atoms with Crippen molar-refractivity contribution in [2.24, 2.45) is 0 Å². The maximum atomic E-state index is 12.6. The monoisotopic (exact) mass is 301 g/mol. The Morgan fingerprint density at radius 3 is 2.82 bits per heavy atom.